The maximum atomic E-state index is 16.4. The highest BCUT2D eigenvalue weighted by atomic mass is 31.2. The summed E-state index contributed by atoms with van der Waals surface area (Å²) in [7, 11) is -3.46. The molecule has 1 atom stereocenters. The lowest BCUT2D eigenvalue weighted by atomic mass is 10.0. The van der Waals surface area contributed by atoms with Crippen LogP contribution in [0.5, 0.6) is 0 Å². The average Bonchev–Trinajstić information content (AvgIpc) is 3.77. The second kappa shape index (κ2) is 12.3. The fourth-order valence-electron chi connectivity index (χ4n) is 8.70. The van der Waals surface area contributed by atoms with Crippen molar-refractivity contribution in [3.8, 4) is 33.8 Å². The molecule has 8 aromatic carbocycles. The molecule has 0 fully saturated rings. The van der Waals surface area contributed by atoms with Gasteiger partial charge in [0.1, 0.15) is 0 Å². The van der Waals surface area contributed by atoms with Gasteiger partial charge in [-0.15, -0.1) is 0 Å². The van der Waals surface area contributed by atoms with Crippen LogP contribution in [0.2, 0.25) is 0 Å². The SMILES string of the molecule is O=P1(c2ccccc2)c2ccccc2-c2c(c3cc(-c4ccc5c(c4)c4ccccc4n5-c4ccccc4)ccc3n2-c2ccccc2)N1c1ccccc1. The van der Waals surface area contributed by atoms with Crippen LogP contribution in [-0.4, -0.2) is 9.13 Å². The molecule has 5 heteroatoms. The number of nitrogens with zero attached hydrogens (tertiary/aromatic N) is 3. The van der Waals surface area contributed by atoms with Gasteiger partial charge in [0.25, 0.3) is 0 Å². The summed E-state index contributed by atoms with van der Waals surface area (Å²) >= 11 is 0. The quantitative estimate of drug-likeness (QED) is 0.166. The lowest BCUT2D eigenvalue weighted by molar-refractivity contribution is 0.587. The zero-order valence-electron chi connectivity index (χ0n) is 29.8. The molecule has 3 heterocycles. The third-order valence-corrected chi connectivity index (χ3v) is 14.1. The summed E-state index contributed by atoms with van der Waals surface area (Å²) in [6.45, 7) is 0. The van der Waals surface area contributed by atoms with Crippen LogP contribution >= 0.6 is 7.29 Å². The van der Waals surface area contributed by atoms with Gasteiger partial charge in [0.05, 0.1) is 27.9 Å². The molecular weight excluding hydrogens is 690 g/mol. The van der Waals surface area contributed by atoms with Crippen LogP contribution < -0.4 is 15.3 Å². The Balaban J connectivity index is 1.23. The highest BCUT2D eigenvalue weighted by Gasteiger charge is 2.45. The van der Waals surface area contributed by atoms with Crippen molar-refractivity contribution in [2.45, 2.75) is 0 Å². The lowest BCUT2D eigenvalue weighted by Gasteiger charge is -2.39. The van der Waals surface area contributed by atoms with Crippen molar-refractivity contribution in [2.24, 2.45) is 0 Å². The number of hydrogen-bond donors (Lipinski definition) is 0. The highest BCUT2D eigenvalue weighted by molar-refractivity contribution is 7.81. The smallest absolute Gasteiger partial charge is 0.234 e. The summed E-state index contributed by atoms with van der Waals surface area (Å²) < 4.78 is 23.3. The van der Waals surface area contributed by atoms with E-state index in [9.17, 15) is 0 Å². The maximum Gasteiger partial charge on any atom is 0.234 e. The van der Waals surface area contributed by atoms with Gasteiger partial charge in [-0.1, -0.05) is 121 Å². The topological polar surface area (TPSA) is 30.2 Å². The third kappa shape index (κ3) is 4.69. The fraction of sp³-hybridized carbons (Fsp3) is 0. The Morgan fingerprint density at radius 2 is 0.873 bits per heavy atom. The molecule has 2 aromatic heterocycles. The van der Waals surface area contributed by atoms with Gasteiger partial charge >= 0.3 is 0 Å². The molecular formula is C50H34N3OP. The van der Waals surface area contributed by atoms with Crippen molar-refractivity contribution < 1.29 is 4.57 Å². The standard InChI is InChI=1S/C50H34N3OP/c54-55(40-23-11-4-12-24-40)48-28-16-14-26-42(48)49-50(53(55)39-21-9-3-10-22-39)44-34-36(30-32-47(44)52(49)38-19-7-2-8-20-38)35-29-31-46-43(33-35)41-25-13-15-27-45(41)51(46)37-17-5-1-6-18-37/h1-34H. The van der Waals surface area contributed by atoms with E-state index < -0.39 is 7.29 Å². The molecule has 0 saturated carbocycles. The number of hydrogen-bond acceptors (Lipinski definition) is 1. The monoisotopic (exact) mass is 723 g/mol. The van der Waals surface area contributed by atoms with E-state index in [0.29, 0.717) is 0 Å². The van der Waals surface area contributed by atoms with E-state index in [1.165, 1.54) is 21.8 Å². The Labute approximate surface area is 319 Å². The van der Waals surface area contributed by atoms with Crippen LogP contribution in [-0.2, 0) is 4.57 Å². The van der Waals surface area contributed by atoms with E-state index in [4.69, 9.17) is 0 Å². The minimum Gasteiger partial charge on any atom is -0.309 e. The molecule has 10 aromatic rings. The number of para-hydroxylation sites is 4. The fourth-order valence-corrected chi connectivity index (χ4v) is 11.7. The minimum absolute atomic E-state index is 0.800. The van der Waals surface area contributed by atoms with Crippen molar-refractivity contribution in [3.05, 3.63) is 206 Å². The predicted octanol–water partition coefficient (Wildman–Crippen LogP) is 12.4. The van der Waals surface area contributed by atoms with E-state index in [2.05, 4.69) is 165 Å². The van der Waals surface area contributed by atoms with Crippen molar-refractivity contribution in [1.29, 1.82) is 0 Å². The van der Waals surface area contributed by atoms with Gasteiger partial charge < -0.3 is 9.13 Å². The van der Waals surface area contributed by atoms with E-state index in [-0.39, 0.29) is 0 Å². The Bertz CT molecular complexity index is 3110. The van der Waals surface area contributed by atoms with Crippen LogP contribution in [0.25, 0.3) is 66.5 Å². The first-order chi connectivity index (χ1) is 27.2. The maximum absolute atomic E-state index is 16.4. The molecule has 0 N–H and O–H groups in total. The minimum atomic E-state index is -3.46. The van der Waals surface area contributed by atoms with Crippen LogP contribution in [0.1, 0.15) is 0 Å². The molecule has 1 unspecified atom stereocenters. The first-order valence-electron chi connectivity index (χ1n) is 18.6. The summed E-state index contributed by atoms with van der Waals surface area (Å²) in [5.41, 5.74) is 11.7. The molecule has 260 valence electrons. The zero-order valence-corrected chi connectivity index (χ0v) is 30.7. The van der Waals surface area contributed by atoms with Gasteiger partial charge in [-0.05, 0) is 96.1 Å². The zero-order chi connectivity index (χ0) is 36.5. The lowest BCUT2D eigenvalue weighted by Crippen LogP contribution is -2.33. The molecule has 55 heavy (non-hydrogen) atoms. The van der Waals surface area contributed by atoms with E-state index in [0.717, 1.165) is 66.6 Å². The number of benzene rings is 8. The number of aromatic nitrogens is 2. The molecule has 4 nitrogen and oxygen atoms in total. The molecule has 0 amide bonds. The van der Waals surface area contributed by atoms with Gasteiger partial charge in [0.15, 0.2) is 0 Å². The first-order valence-corrected chi connectivity index (χ1v) is 20.3. The molecule has 11 rings (SSSR count). The molecule has 0 aliphatic carbocycles. The second-order valence-corrected chi connectivity index (χ2v) is 16.6. The van der Waals surface area contributed by atoms with Crippen molar-refractivity contribution in [3.63, 3.8) is 0 Å². The summed E-state index contributed by atoms with van der Waals surface area (Å²) in [5.74, 6) is 0. The molecule has 0 saturated heterocycles. The highest BCUT2D eigenvalue weighted by Crippen LogP contribution is 2.63. The largest absolute Gasteiger partial charge is 0.309 e. The molecule has 1 aliphatic heterocycles. The van der Waals surface area contributed by atoms with Crippen molar-refractivity contribution in [2.75, 3.05) is 4.67 Å². The Kier molecular flexibility index (Phi) is 7.10. The van der Waals surface area contributed by atoms with Crippen LogP contribution in [0.3, 0.4) is 0 Å². The molecule has 1 aliphatic rings. The Morgan fingerprint density at radius 3 is 1.55 bits per heavy atom. The van der Waals surface area contributed by atoms with Gasteiger partial charge in [0.2, 0.25) is 7.29 Å². The van der Waals surface area contributed by atoms with E-state index in [1.54, 1.807) is 0 Å². The number of fused-ring (bicyclic) bond motifs is 8. The van der Waals surface area contributed by atoms with Gasteiger partial charge in [-0.25, -0.2) is 0 Å². The number of anilines is 2. The molecule has 0 spiro atoms. The normalized spacial score (nSPS) is 15.0. The van der Waals surface area contributed by atoms with Gasteiger partial charge in [-0.2, -0.15) is 0 Å². The van der Waals surface area contributed by atoms with Gasteiger partial charge in [-0.3, -0.25) is 9.24 Å². The van der Waals surface area contributed by atoms with Crippen molar-refractivity contribution in [1.82, 2.24) is 9.13 Å². The summed E-state index contributed by atoms with van der Waals surface area (Å²) in [6.07, 6.45) is 0. The Hall–Kier alpha value is -6.87. The molecule has 0 bridgehead atoms. The van der Waals surface area contributed by atoms with Crippen LogP contribution in [0.15, 0.2) is 206 Å². The van der Waals surface area contributed by atoms with Crippen LogP contribution in [0, 0.1) is 0 Å². The second-order valence-electron chi connectivity index (χ2n) is 14.1. The molecule has 0 radical (unpaired) electrons. The van der Waals surface area contributed by atoms with Gasteiger partial charge in [0, 0.05) is 49.4 Å². The Morgan fingerprint density at radius 1 is 0.382 bits per heavy atom. The summed E-state index contributed by atoms with van der Waals surface area (Å²) in [4.78, 5) is 0. The number of rotatable bonds is 5. The summed E-state index contributed by atoms with van der Waals surface area (Å²) in [6, 6.07) is 71.9. The third-order valence-electron chi connectivity index (χ3n) is 11.1. The van der Waals surface area contributed by atoms with E-state index in [1.807, 2.05) is 54.6 Å². The summed E-state index contributed by atoms with van der Waals surface area (Å²) in [5, 5.41) is 5.09. The first kappa shape index (κ1) is 31.6. The average molecular weight is 724 g/mol. The van der Waals surface area contributed by atoms with E-state index >= 15 is 4.57 Å². The van der Waals surface area contributed by atoms with Crippen LogP contribution in [0.4, 0.5) is 11.4 Å². The predicted molar refractivity (Wildman–Crippen MR) is 230 cm³/mol. The van der Waals surface area contributed by atoms with Crippen molar-refractivity contribution >= 4 is 62.0 Å².